The van der Waals surface area contributed by atoms with E-state index in [4.69, 9.17) is 6.57 Å². The summed E-state index contributed by atoms with van der Waals surface area (Å²) >= 11 is 0. The molecule has 2 rings (SSSR count). The molecule has 0 aliphatic rings. The predicted octanol–water partition coefficient (Wildman–Crippen LogP) is 2.80. The fraction of sp³-hybridized carbons (Fsp3) is 0.286. The van der Waals surface area contributed by atoms with Crippen molar-refractivity contribution in [2.45, 2.75) is 18.9 Å². The van der Waals surface area contributed by atoms with Crippen molar-refractivity contribution in [2.24, 2.45) is 7.05 Å². The minimum Gasteiger partial charge on any atom is -0.256 e. The molecule has 1 aromatic carbocycles. The lowest BCUT2D eigenvalue weighted by Crippen LogP contribution is -2.06. The number of hydrogen-bond donors (Lipinski definition) is 0. The maximum Gasteiger partial charge on any atom is 0.193 e. The molecule has 1 heterocycles. The second-order valence-corrected chi connectivity index (χ2v) is 6.84. The fourth-order valence-electron chi connectivity index (χ4n) is 2.36. The van der Waals surface area contributed by atoms with Gasteiger partial charge < -0.3 is 0 Å². The molecule has 0 amide bonds. The first-order valence-electron chi connectivity index (χ1n) is 6.08. The fourth-order valence-corrected chi connectivity index (χ4v) is 3.53. The van der Waals surface area contributed by atoms with Gasteiger partial charge in [-0.15, -0.1) is 0 Å². The highest BCUT2D eigenvalue weighted by atomic mass is 32.2. The molecule has 5 nitrogen and oxygen atoms in total. The van der Waals surface area contributed by atoms with Gasteiger partial charge in [-0.3, -0.25) is 4.68 Å². The summed E-state index contributed by atoms with van der Waals surface area (Å²) in [7, 11) is -1.95. The third kappa shape index (κ3) is 2.54. The Morgan fingerprint density at radius 2 is 1.95 bits per heavy atom. The molecular formula is C14H14FN3O2S. The highest BCUT2D eigenvalue weighted by Crippen LogP contribution is 2.32. The third-order valence-corrected chi connectivity index (χ3v) is 4.51. The van der Waals surface area contributed by atoms with Gasteiger partial charge in [0.1, 0.15) is 5.82 Å². The minimum absolute atomic E-state index is 0.0591. The van der Waals surface area contributed by atoms with E-state index in [2.05, 4.69) is 9.94 Å². The molecule has 0 aliphatic carbocycles. The molecule has 1 aromatic heterocycles. The molecule has 0 N–H and O–H groups in total. The van der Waals surface area contributed by atoms with Crippen LogP contribution in [0.1, 0.15) is 11.1 Å². The van der Waals surface area contributed by atoms with Gasteiger partial charge in [0.15, 0.2) is 20.6 Å². The first kappa shape index (κ1) is 15.2. The average Bonchev–Trinajstić information content (AvgIpc) is 2.66. The second-order valence-electron chi connectivity index (χ2n) is 4.90. The van der Waals surface area contributed by atoms with Crippen LogP contribution in [0, 0.1) is 26.2 Å². The minimum atomic E-state index is -3.46. The van der Waals surface area contributed by atoms with Crippen molar-refractivity contribution in [1.29, 1.82) is 0 Å². The Bertz CT molecular complexity index is 877. The number of sulfone groups is 1. The summed E-state index contributed by atoms with van der Waals surface area (Å²) in [4.78, 5) is 3.24. The van der Waals surface area contributed by atoms with Crippen LogP contribution in [0.15, 0.2) is 17.2 Å². The van der Waals surface area contributed by atoms with Crippen molar-refractivity contribution in [1.82, 2.24) is 9.78 Å². The summed E-state index contributed by atoms with van der Waals surface area (Å²) in [5, 5.41) is 4.18. The van der Waals surface area contributed by atoms with Gasteiger partial charge in [-0.1, -0.05) is 6.07 Å². The van der Waals surface area contributed by atoms with E-state index in [-0.39, 0.29) is 22.0 Å². The molecule has 0 unspecified atom stereocenters. The van der Waals surface area contributed by atoms with E-state index in [1.54, 1.807) is 13.8 Å². The maximum absolute atomic E-state index is 14.2. The summed E-state index contributed by atoms with van der Waals surface area (Å²) in [5.74, 6) is -0.590. The van der Waals surface area contributed by atoms with Crippen LogP contribution in [0.5, 0.6) is 0 Å². The topological polar surface area (TPSA) is 56.3 Å². The Hall–Kier alpha value is -2.20. The summed E-state index contributed by atoms with van der Waals surface area (Å²) in [6.07, 6.45) is 1.09. The summed E-state index contributed by atoms with van der Waals surface area (Å²) in [6.45, 7) is 10.3. The molecule has 0 aliphatic heterocycles. The van der Waals surface area contributed by atoms with Gasteiger partial charge in [-0.05, 0) is 25.5 Å². The number of hydrogen-bond acceptors (Lipinski definition) is 3. The smallest absolute Gasteiger partial charge is 0.193 e. The molecular weight excluding hydrogens is 293 g/mol. The number of rotatable bonds is 2. The molecule has 7 heteroatoms. The van der Waals surface area contributed by atoms with Gasteiger partial charge in [0, 0.05) is 24.4 Å². The molecule has 0 spiro atoms. The van der Waals surface area contributed by atoms with Crippen LogP contribution in [-0.2, 0) is 16.9 Å². The number of benzene rings is 1. The lowest BCUT2D eigenvalue weighted by Gasteiger charge is -2.05. The Balaban J connectivity index is 2.76. The zero-order valence-electron chi connectivity index (χ0n) is 12.1. The van der Waals surface area contributed by atoms with Crippen molar-refractivity contribution >= 4 is 15.5 Å². The van der Waals surface area contributed by atoms with Crippen LogP contribution >= 0.6 is 0 Å². The zero-order chi connectivity index (χ0) is 15.9. The van der Waals surface area contributed by atoms with Gasteiger partial charge >= 0.3 is 0 Å². The summed E-state index contributed by atoms with van der Waals surface area (Å²) < 4.78 is 39.0. The lowest BCUT2D eigenvalue weighted by molar-refractivity contribution is 0.581. The van der Waals surface area contributed by atoms with Crippen molar-refractivity contribution in [3.8, 4) is 11.3 Å². The number of halogens is 1. The van der Waals surface area contributed by atoms with E-state index in [0.717, 1.165) is 12.3 Å². The standard InChI is InChI=1S/C14H14FN3O2S/c1-8-6-10(11(15)7-12(8)16-3)13-9(2)14(18(4)17-13)21(5,19)20/h6-7H,1-2,4-5H3. The Kier molecular flexibility index (Phi) is 3.59. The summed E-state index contributed by atoms with van der Waals surface area (Å²) in [6, 6.07) is 2.66. The number of aryl methyl sites for hydroxylation is 2. The number of aromatic nitrogens is 2. The van der Waals surface area contributed by atoms with E-state index in [1.165, 1.54) is 17.8 Å². The van der Waals surface area contributed by atoms with Crippen LogP contribution in [0.25, 0.3) is 16.1 Å². The van der Waals surface area contributed by atoms with Crippen molar-refractivity contribution in [2.75, 3.05) is 6.26 Å². The molecule has 21 heavy (non-hydrogen) atoms. The van der Waals surface area contributed by atoms with E-state index in [1.807, 2.05) is 0 Å². The van der Waals surface area contributed by atoms with Gasteiger partial charge in [-0.2, -0.15) is 5.10 Å². The van der Waals surface area contributed by atoms with E-state index >= 15 is 0 Å². The van der Waals surface area contributed by atoms with Crippen LogP contribution < -0.4 is 0 Å². The van der Waals surface area contributed by atoms with E-state index < -0.39 is 15.7 Å². The first-order valence-corrected chi connectivity index (χ1v) is 7.97. The van der Waals surface area contributed by atoms with Crippen LogP contribution in [0.3, 0.4) is 0 Å². The average molecular weight is 307 g/mol. The molecule has 0 radical (unpaired) electrons. The second kappa shape index (κ2) is 4.97. The van der Waals surface area contributed by atoms with E-state index in [0.29, 0.717) is 11.1 Å². The Labute approximate surface area is 122 Å². The van der Waals surface area contributed by atoms with Gasteiger partial charge in [0.25, 0.3) is 0 Å². The Morgan fingerprint density at radius 3 is 2.43 bits per heavy atom. The number of nitrogens with zero attached hydrogens (tertiary/aromatic N) is 3. The van der Waals surface area contributed by atoms with Crippen LogP contribution in [0.2, 0.25) is 0 Å². The van der Waals surface area contributed by atoms with Crippen LogP contribution in [-0.4, -0.2) is 24.5 Å². The van der Waals surface area contributed by atoms with Crippen molar-refractivity contribution in [3.63, 3.8) is 0 Å². The monoisotopic (exact) mass is 307 g/mol. The van der Waals surface area contributed by atoms with Crippen molar-refractivity contribution < 1.29 is 12.8 Å². The molecule has 0 saturated heterocycles. The van der Waals surface area contributed by atoms with Crippen LogP contribution in [0.4, 0.5) is 10.1 Å². The molecule has 0 saturated carbocycles. The van der Waals surface area contributed by atoms with E-state index in [9.17, 15) is 12.8 Å². The highest BCUT2D eigenvalue weighted by molar-refractivity contribution is 7.90. The van der Waals surface area contributed by atoms with Gasteiger partial charge in [0.05, 0.1) is 12.3 Å². The molecule has 0 fully saturated rings. The first-order chi connectivity index (χ1) is 9.66. The normalized spacial score (nSPS) is 11.4. The summed E-state index contributed by atoms with van der Waals surface area (Å²) in [5.41, 5.74) is 1.72. The Morgan fingerprint density at radius 1 is 1.33 bits per heavy atom. The van der Waals surface area contributed by atoms with Gasteiger partial charge in [0.2, 0.25) is 0 Å². The quantitative estimate of drug-likeness (QED) is 0.802. The molecule has 110 valence electrons. The lowest BCUT2D eigenvalue weighted by atomic mass is 10.0. The largest absolute Gasteiger partial charge is 0.256 e. The molecule has 0 atom stereocenters. The van der Waals surface area contributed by atoms with Gasteiger partial charge in [-0.25, -0.2) is 17.7 Å². The zero-order valence-corrected chi connectivity index (χ0v) is 12.9. The highest BCUT2D eigenvalue weighted by Gasteiger charge is 2.23. The molecule has 0 bridgehead atoms. The maximum atomic E-state index is 14.2. The SMILES string of the molecule is [C-]#[N+]c1cc(F)c(-c2nn(C)c(S(C)(=O)=O)c2C)cc1C. The molecule has 2 aromatic rings. The predicted molar refractivity (Wildman–Crippen MR) is 77.4 cm³/mol. The third-order valence-electron chi connectivity index (χ3n) is 3.23. The van der Waals surface area contributed by atoms with Crippen molar-refractivity contribution in [3.05, 3.63) is 40.5 Å².